The number of aromatic carboxylic acids is 1. The Hall–Kier alpha value is -2.84. The SMILES string of the molecule is CCc1cc(Br)c(C2(c3c(Br)cc(CC)c(O)c3CC)OC(=O)c3ccc(C(=O)O)cc32)c(CC)c1O. The van der Waals surface area contributed by atoms with Crippen LogP contribution in [-0.4, -0.2) is 27.3 Å². The second kappa shape index (κ2) is 10.1. The first-order chi connectivity index (χ1) is 17.6. The Morgan fingerprint density at radius 2 is 1.32 bits per heavy atom. The van der Waals surface area contributed by atoms with Crippen LogP contribution in [0, 0.1) is 0 Å². The Kier molecular flexibility index (Phi) is 7.45. The van der Waals surface area contributed by atoms with E-state index in [1.54, 1.807) is 12.1 Å². The van der Waals surface area contributed by atoms with E-state index in [1.165, 1.54) is 18.2 Å². The van der Waals surface area contributed by atoms with Crippen LogP contribution in [0.2, 0.25) is 0 Å². The molecular weight excluding hydrogens is 604 g/mol. The molecule has 6 nitrogen and oxygen atoms in total. The lowest BCUT2D eigenvalue weighted by molar-refractivity contribution is 0.0241. The van der Waals surface area contributed by atoms with E-state index >= 15 is 0 Å². The van der Waals surface area contributed by atoms with Crippen molar-refractivity contribution in [3.63, 3.8) is 0 Å². The molecule has 194 valence electrons. The van der Waals surface area contributed by atoms with Crippen molar-refractivity contribution in [1.82, 2.24) is 0 Å². The maximum atomic E-state index is 13.4. The molecule has 1 aliphatic heterocycles. The number of halogens is 2. The van der Waals surface area contributed by atoms with Gasteiger partial charge in [0.25, 0.3) is 0 Å². The molecule has 1 aliphatic rings. The molecule has 3 N–H and O–H groups in total. The Labute approximate surface area is 232 Å². The zero-order valence-corrected chi connectivity index (χ0v) is 24.2. The van der Waals surface area contributed by atoms with Crippen molar-refractivity contribution in [2.45, 2.75) is 59.0 Å². The van der Waals surface area contributed by atoms with E-state index in [1.807, 2.05) is 27.7 Å². The number of carboxylic acid groups (broad SMARTS) is 1. The van der Waals surface area contributed by atoms with Crippen molar-refractivity contribution in [3.05, 3.63) is 89.3 Å². The third-order valence-corrected chi connectivity index (χ3v) is 8.40. The summed E-state index contributed by atoms with van der Waals surface area (Å²) in [6, 6.07) is 7.90. The number of esters is 1. The molecule has 0 radical (unpaired) electrons. The number of benzene rings is 3. The fourth-order valence-corrected chi connectivity index (χ4v) is 6.97. The van der Waals surface area contributed by atoms with Gasteiger partial charge in [0.1, 0.15) is 11.5 Å². The van der Waals surface area contributed by atoms with E-state index in [0.717, 1.165) is 11.1 Å². The Bertz CT molecular complexity index is 1380. The van der Waals surface area contributed by atoms with E-state index in [0.29, 0.717) is 62.4 Å². The number of phenols is 2. The number of carbonyl (C=O) groups excluding carboxylic acids is 1. The number of phenolic OH excluding ortho intramolecular Hbond substituents is 2. The lowest BCUT2D eigenvalue weighted by Gasteiger charge is -2.36. The first-order valence-corrected chi connectivity index (χ1v) is 13.8. The summed E-state index contributed by atoms with van der Waals surface area (Å²) in [4.78, 5) is 25.4. The molecule has 0 unspecified atom stereocenters. The first kappa shape index (κ1) is 27.2. The number of hydrogen-bond acceptors (Lipinski definition) is 5. The van der Waals surface area contributed by atoms with Gasteiger partial charge in [-0.1, -0.05) is 59.6 Å². The highest BCUT2D eigenvalue weighted by Gasteiger charge is 2.53. The fraction of sp³-hybridized carbons (Fsp3) is 0.310. The van der Waals surface area contributed by atoms with Gasteiger partial charge in [0.15, 0.2) is 5.60 Å². The van der Waals surface area contributed by atoms with Gasteiger partial charge in [0.05, 0.1) is 11.1 Å². The monoisotopic (exact) mass is 630 g/mol. The van der Waals surface area contributed by atoms with Gasteiger partial charge in [-0.05, 0) is 67.1 Å². The van der Waals surface area contributed by atoms with Gasteiger partial charge < -0.3 is 20.1 Å². The first-order valence-electron chi connectivity index (χ1n) is 12.3. The zero-order chi connectivity index (χ0) is 27.2. The van der Waals surface area contributed by atoms with Crippen LogP contribution in [0.5, 0.6) is 11.5 Å². The number of fused-ring (bicyclic) bond motifs is 1. The summed E-state index contributed by atoms with van der Waals surface area (Å²) in [5.41, 5.74) is 2.52. The molecule has 1 heterocycles. The third kappa shape index (κ3) is 4.05. The minimum absolute atomic E-state index is 0.00596. The van der Waals surface area contributed by atoms with Gasteiger partial charge in [-0.3, -0.25) is 0 Å². The van der Waals surface area contributed by atoms with Gasteiger partial charge in [-0.15, -0.1) is 0 Å². The largest absolute Gasteiger partial charge is 0.507 e. The van der Waals surface area contributed by atoms with Crippen LogP contribution in [-0.2, 0) is 36.0 Å². The molecule has 4 rings (SSSR count). The number of hydrogen-bond donors (Lipinski definition) is 3. The molecule has 0 saturated carbocycles. The van der Waals surface area contributed by atoms with Crippen LogP contribution >= 0.6 is 31.9 Å². The third-order valence-electron chi connectivity index (χ3n) is 7.15. The van der Waals surface area contributed by atoms with Crippen LogP contribution in [0.15, 0.2) is 39.3 Å². The molecule has 0 spiro atoms. The Morgan fingerprint density at radius 3 is 1.73 bits per heavy atom. The average Bonchev–Trinajstić information content (AvgIpc) is 3.17. The summed E-state index contributed by atoms with van der Waals surface area (Å²) in [5.74, 6) is -1.56. The number of cyclic esters (lactones) is 1. The summed E-state index contributed by atoms with van der Waals surface area (Å²) in [6.07, 6.45) is 2.00. The summed E-state index contributed by atoms with van der Waals surface area (Å²) < 4.78 is 7.53. The van der Waals surface area contributed by atoms with Crippen molar-refractivity contribution in [1.29, 1.82) is 0 Å². The predicted octanol–water partition coefficient (Wildman–Crippen LogP) is 7.03. The van der Waals surface area contributed by atoms with E-state index < -0.39 is 17.5 Å². The lowest BCUT2D eigenvalue weighted by atomic mass is 9.74. The lowest BCUT2D eigenvalue weighted by Crippen LogP contribution is -2.33. The van der Waals surface area contributed by atoms with E-state index in [9.17, 15) is 24.9 Å². The molecule has 0 saturated heterocycles. The quantitative estimate of drug-likeness (QED) is 0.242. The van der Waals surface area contributed by atoms with Crippen molar-refractivity contribution >= 4 is 43.8 Å². The van der Waals surface area contributed by atoms with E-state index in [2.05, 4.69) is 31.9 Å². The maximum Gasteiger partial charge on any atom is 0.340 e. The highest BCUT2D eigenvalue weighted by Crippen LogP contribution is 2.56. The van der Waals surface area contributed by atoms with Crippen LogP contribution < -0.4 is 0 Å². The predicted molar refractivity (Wildman–Crippen MR) is 148 cm³/mol. The summed E-state index contributed by atoms with van der Waals surface area (Å²) in [7, 11) is 0. The smallest absolute Gasteiger partial charge is 0.340 e. The number of aromatic hydroxyl groups is 2. The maximum absolute atomic E-state index is 13.4. The normalized spacial score (nSPS) is 13.9. The molecule has 0 aromatic heterocycles. The van der Waals surface area contributed by atoms with Crippen LogP contribution in [0.1, 0.15) is 87.4 Å². The minimum atomic E-state index is -1.64. The Morgan fingerprint density at radius 1 is 0.838 bits per heavy atom. The zero-order valence-electron chi connectivity index (χ0n) is 21.0. The molecule has 3 aromatic rings. The number of carbonyl (C=O) groups is 2. The second-order valence-corrected chi connectivity index (χ2v) is 10.7. The standard InChI is InChI=1S/C29H28Br2O6/c1-5-14-12-21(30)23(17(7-3)25(14)32)29(24-18(8-4)26(33)15(6-2)13-22(24)31)20-11-16(27(34)35)9-10-19(20)28(36)37-29/h9-13,32-33H,5-8H2,1-4H3,(H,34,35). The fourth-order valence-electron chi connectivity index (χ4n) is 5.38. The average molecular weight is 632 g/mol. The van der Waals surface area contributed by atoms with Gasteiger partial charge in [-0.25, -0.2) is 9.59 Å². The molecule has 0 amide bonds. The number of rotatable bonds is 7. The van der Waals surface area contributed by atoms with Crippen molar-refractivity contribution in [2.24, 2.45) is 0 Å². The molecule has 0 atom stereocenters. The van der Waals surface area contributed by atoms with Gasteiger partial charge in [0, 0.05) is 36.8 Å². The highest BCUT2D eigenvalue weighted by molar-refractivity contribution is 9.10. The van der Waals surface area contributed by atoms with E-state index in [4.69, 9.17) is 4.74 Å². The van der Waals surface area contributed by atoms with Crippen LogP contribution in [0.25, 0.3) is 0 Å². The highest BCUT2D eigenvalue weighted by atomic mass is 79.9. The van der Waals surface area contributed by atoms with Gasteiger partial charge >= 0.3 is 11.9 Å². The number of ether oxygens (including phenoxy) is 1. The van der Waals surface area contributed by atoms with Crippen LogP contribution in [0.3, 0.4) is 0 Å². The Balaban J connectivity index is 2.30. The molecule has 0 aliphatic carbocycles. The molecule has 0 fully saturated rings. The van der Waals surface area contributed by atoms with Gasteiger partial charge in [-0.2, -0.15) is 0 Å². The second-order valence-electron chi connectivity index (χ2n) is 8.99. The summed E-state index contributed by atoms with van der Waals surface area (Å²) in [5, 5.41) is 32.4. The molecule has 0 bridgehead atoms. The topological polar surface area (TPSA) is 104 Å². The minimum Gasteiger partial charge on any atom is -0.507 e. The molecule has 37 heavy (non-hydrogen) atoms. The van der Waals surface area contributed by atoms with Crippen LogP contribution in [0.4, 0.5) is 0 Å². The summed E-state index contributed by atoms with van der Waals surface area (Å²) in [6.45, 7) is 7.68. The van der Waals surface area contributed by atoms with Crippen molar-refractivity contribution < 1.29 is 29.6 Å². The van der Waals surface area contributed by atoms with Gasteiger partial charge in [0.2, 0.25) is 0 Å². The number of aryl methyl sites for hydroxylation is 2. The van der Waals surface area contributed by atoms with Crippen molar-refractivity contribution in [3.8, 4) is 11.5 Å². The number of carboxylic acids is 1. The van der Waals surface area contributed by atoms with E-state index in [-0.39, 0.29) is 22.6 Å². The molecule has 3 aromatic carbocycles. The summed E-state index contributed by atoms with van der Waals surface area (Å²) >= 11 is 7.39. The van der Waals surface area contributed by atoms with Crippen molar-refractivity contribution in [2.75, 3.05) is 0 Å². The molecular formula is C29H28Br2O6. The molecule has 8 heteroatoms.